The Hall–Kier alpha value is -1.60. The molecule has 2 aromatic rings. The average molecular weight is 292 g/mol. The zero-order valence-electron chi connectivity index (χ0n) is 9.69. The van der Waals surface area contributed by atoms with Crippen LogP contribution in [0.5, 0.6) is 0 Å². The first-order valence-corrected chi connectivity index (χ1v) is 5.58. The van der Waals surface area contributed by atoms with E-state index in [1.165, 1.54) is 4.68 Å². The summed E-state index contributed by atoms with van der Waals surface area (Å²) in [6.45, 7) is 0. The molecule has 2 aromatic heterocycles. The lowest BCUT2D eigenvalue weighted by atomic mass is 10.1. The maximum absolute atomic E-state index is 12.4. The lowest BCUT2D eigenvalue weighted by Crippen LogP contribution is -2.10. The van der Waals surface area contributed by atoms with Crippen LogP contribution in [0.1, 0.15) is 23.1 Å². The molecule has 0 aromatic carbocycles. The molecule has 0 radical (unpaired) electrons. The second-order valence-electron chi connectivity index (χ2n) is 3.89. The van der Waals surface area contributed by atoms with Crippen LogP contribution in [0.4, 0.5) is 13.2 Å². The standard InChI is InChI=1S/C11H9ClF3N3O/c1-18-5-4-7(17-18)9(19)6-2-3-8(11(13,14)15)16-10(6)12/h2-5,9,19H,1H3. The topological polar surface area (TPSA) is 50.9 Å². The molecule has 1 unspecified atom stereocenters. The first-order chi connectivity index (χ1) is 8.79. The SMILES string of the molecule is Cn1ccc(C(O)c2ccc(C(F)(F)F)nc2Cl)n1. The van der Waals surface area contributed by atoms with E-state index >= 15 is 0 Å². The minimum Gasteiger partial charge on any atom is -0.382 e. The van der Waals surface area contributed by atoms with E-state index in [9.17, 15) is 18.3 Å². The van der Waals surface area contributed by atoms with Gasteiger partial charge in [-0.25, -0.2) is 4.98 Å². The van der Waals surface area contributed by atoms with Gasteiger partial charge >= 0.3 is 6.18 Å². The predicted octanol–water partition coefficient (Wildman–Crippen LogP) is 2.57. The van der Waals surface area contributed by atoms with Crippen LogP contribution in [-0.2, 0) is 13.2 Å². The smallest absolute Gasteiger partial charge is 0.382 e. The Kier molecular flexibility index (Phi) is 3.51. The molecule has 0 spiro atoms. The molecule has 2 heterocycles. The van der Waals surface area contributed by atoms with Gasteiger partial charge in [0.1, 0.15) is 17.0 Å². The van der Waals surface area contributed by atoms with Crippen LogP contribution in [0, 0.1) is 0 Å². The Balaban J connectivity index is 2.36. The molecule has 0 aliphatic carbocycles. The zero-order valence-corrected chi connectivity index (χ0v) is 10.4. The lowest BCUT2D eigenvalue weighted by molar-refractivity contribution is -0.141. The molecule has 0 aliphatic heterocycles. The Morgan fingerprint density at radius 2 is 2.00 bits per heavy atom. The van der Waals surface area contributed by atoms with E-state index in [1.807, 2.05) is 0 Å². The Morgan fingerprint density at radius 1 is 1.32 bits per heavy atom. The highest BCUT2D eigenvalue weighted by Crippen LogP contribution is 2.32. The Labute approximate surface area is 111 Å². The minimum absolute atomic E-state index is 0.0772. The molecule has 102 valence electrons. The summed E-state index contributed by atoms with van der Waals surface area (Å²) >= 11 is 5.68. The summed E-state index contributed by atoms with van der Waals surface area (Å²) in [6.07, 6.45) is -4.19. The number of aliphatic hydroxyl groups is 1. The van der Waals surface area contributed by atoms with Crippen molar-refractivity contribution in [3.8, 4) is 0 Å². The van der Waals surface area contributed by atoms with Crippen LogP contribution in [-0.4, -0.2) is 19.9 Å². The number of hydrogen-bond donors (Lipinski definition) is 1. The van der Waals surface area contributed by atoms with Crippen molar-refractivity contribution < 1.29 is 18.3 Å². The van der Waals surface area contributed by atoms with Gasteiger partial charge in [0, 0.05) is 18.8 Å². The van der Waals surface area contributed by atoms with Crippen molar-refractivity contribution in [1.29, 1.82) is 0 Å². The Bertz CT molecular complexity index is 597. The summed E-state index contributed by atoms with van der Waals surface area (Å²) < 4.78 is 38.7. The van der Waals surface area contributed by atoms with Crippen LogP contribution in [0.3, 0.4) is 0 Å². The van der Waals surface area contributed by atoms with Crippen molar-refractivity contribution >= 4 is 11.6 Å². The van der Waals surface area contributed by atoms with Gasteiger partial charge in [0.25, 0.3) is 0 Å². The number of aryl methyl sites for hydroxylation is 1. The van der Waals surface area contributed by atoms with Crippen molar-refractivity contribution in [2.45, 2.75) is 12.3 Å². The van der Waals surface area contributed by atoms with Crippen molar-refractivity contribution in [1.82, 2.24) is 14.8 Å². The van der Waals surface area contributed by atoms with Crippen LogP contribution in [0.2, 0.25) is 5.15 Å². The van der Waals surface area contributed by atoms with Gasteiger partial charge < -0.3 is 5.11 Å². The fourth-order valence-corrected chi connectivity index (χ4v) is 1.80. The lowest BCUT2D eigenvalue weighted by Gasteiger charge is -2.12. The third kappa shape index (κ3) is 2.87. The number of hydrogen-bond acceptors (Lipinski definition) is 3. The van der Waals surface area contributed by atoms with Gasteiger partial charge in [-0.15, -0.1) is 0 Å². The van der Waals surface area contributed by atoms with E-state index in [0.717, 1.165) is 12.1 Å². The average Bonchev–Trinajstić information content (AvgIpc) is 2.73. The van der Waals surface area contributed by atoms with Gasteiger partial charge in [-0.2, -0.15) is 18.3 Å². The van der Waals surface area contributed by atoms with Gasteiger partial charge in [0.15, 0.2) is 0 Å². The molecular weight excluding hydrogens is 283 g/mol. The first-order valence-electron chi connectivity index (χ1n) is 5.20. The maximum Gasteiger partial charge on any atom is 0.433 e. The number of aliphatic hydroxyl groups excluding tert-OH is 1. The van der Waals surface area contributed by atoms with Crippen LogP contribution in [0.25, 0.3) is 0 Å². The highest BCUT2D eigenvalue weighted by Gasteiger charge is 2.33. The highest BCUT2D eigenvalue weighted by atomic mass is 35.5. The van der Waals surface area contributed by atoms with Crippen molar-refractivity contribution in [3.63, 3.8) is 0 Å². The Morgan fingerprint density at radius 3 is 2.47 bits per heavy atom. The highest BCUT2D eigenvalue weighted by molar-refractivity contribution is 6.30. The van der Waals surface area contributed by atoms with E-state index in [0.29, 0.717) is 0 Å². The second-order valence-corrected chi connectivity index (χ2v) is 4.25. The van der Waals surface area contributed by atoms with E-state index in [2.05, 4.69) is 10.1 Å². The normalized spacial score (nSPS) is 13.6. The number of halogens is 4. The number of pyridine rings is 1. The van der Waals surface area contributed by atoms with Gasteiger partial charge in [-0.3, -0.25) is 4.68 Å². The van der Waals surface area contributed by atoms with Gasteiger partial charge in [-0.1, -0.05) is 17.7 Å². The van der Waals surface area contributed by atoms with E-state index in [4.69, 9.17) is 11.6 Å². The summed E-state index contributed by atoms with van der Waals surface area (Å²) in [7, 11) is 1.66. The molecule has 1 atom stereocenters. The van der Waals surface area contributed by atoms with Crippen LogP contribution < -0.4 is 0 Å². The quantitative estimate of drug-likeness (QED) is 0.865. The largest absolute Gasteiger partial charge is 0.433 e. The molecule has 0 fully saturated rings. The van der Waals surface area contributed by atoms with Crippen molar-refractivity contribution in [2.75, 3.05) is 0 Å². The number of aromatic nitrogens is 3. The molecule has 0 saturated heterocycles. The molecule has 0 saturated carbocycles. The summed E-state index contributed by atoms with van der Waals surface area (Å²) in [6, 6.07) is 3.41. The van der Waals surface area contributed by atoms with Gasteiger partial charge in [0.05, 0.1) is 5.69 Å². The third-order valence-electron chi connectivity index (χ3n) is 2.48. The van der Waals surface area contributed by atoms with E-state index in [1.54, 1.807) is 19.3 Å². The predicted molar refractivity (Wildman–Crippen MR) is 61.5 cm³/mol. The first kappa shape index (κ1) is 13.8. The number of rotatable bonds is 2. The molecular formula is C11H9ClF3N3O. The van der Waals surface area contributed by atoms with Gasteiger partial charge in [-0.05, 0) is 12.1 Å². The molecule has 0 bridgehead atoms. The fourth-order valence-electron chi connectivity index (χ4n) is 1.55. The molecule has 8 heteroatoms. The molecule has 0 amide bonds. The molecule has 1 N–H and O–H groups in total. The number of nitrogens with zero attached hydrogens (tertiary/aromatic N) is 3. The summed E-state index contributed by atoms with van der Waals surface area (Å²) in [5.41, 5.74) is -0.742. The minimum atomic E-state index is -4.57. The summed E-state index contributed by atoms with van der Waals surface area (Å²) in [5.74, 6) is 0. The molecule has 2 rings (SSSR count). The zero-order chi connectivity index (χ0) is 14.2. The molecule has 19 heavy (non-hydrogen) atoms. The number of alkyl halides is 3. The van der Waals surface area contributed by atoms with Gasteiger partial charge in [0.2, 0.25) is 0 Å². The van der Waals surface area contributed by atoms with Crippen molar-refractivity contribution in [2.24, 2.45) is 7.05 Å². The second kappa shape index (κ2) is 4.82. The van der Waals surface area contributed by atoms with E-state index in [-0.39, 0.29) is 11.3 Å². The van der Waals surface area contributed by atoms with Crippen LogP contribution >= 0.6 is 11.6 Å². The van der Waals surface area contributed by atoms with Crippen LogP contribution in [0.15, 0.2) is 24.4 Å². The molecule has 4 nitrogen and oxygen atoms in total. The van der Waals surface area contributed by atoms with E-state index < -0.39 is 23.1 Å². The third-order valence-corrected chi connectivity index (χ3v) is 2.78. The fraction of sp³-hybridized carbons (Fsp3) is 0.273. The summed E-state index contributed by atoms with van der Waals surface area (Å²) in [5, 5.41) is 13.6. The molecule has 0 aliphatic rings. The maximum atomic E-state index is 12.4. The summed E-state index contributed by atoms with van der Waals surface area (Å²) in [4.78, 5) is 3.24. The monoisotopic (exact) mass is 291 g/mol. The van der Waals surface area contributed by atoms with Crippen molar-refractivity contribution in [3.05, 3.63) is 46.5 Å².